The smallest absolute Gasteiger partial charge is 0.337 e. The van der Waals surface area contributed by atoms with Gasteiger partial charge in [-0.15, -0.1) is 0 Å². The summed E-state index contributed by atoms with van der Waals surface area (Å²) in [6, 6.07) is 3.31. The van der Waals surface area contributed by atoms with Gasteiger partial charge in [0, 0.05) is 12.7 Å². The van der Waals surface area contributed by atoms with Gasteiger partial charge in [0.25, 0.3) is 0 Å². The Kier molecular flexibility index (Phi) is 3.96. The van der Waals surface area contributed by atoms with E-state index in [-0.39, 0.29) is 5.56 Å². The second-order valence-electron chi connectivity index (χ2n) is 4.62. The first-order valence-corrected chi connectivity index (χ1v) is 6.19. The highest BCUT2D eigenvalue weighted by molar-refractivity contribution is 5.87. The summed E-state index contributed by atoms with van der Waals surface area (Å²) in [5, 5.41) is 12.0. The van der Waals surface area contributed by atoms with Crippen LogP contribution in [0.1, 0.15) is 42.5 Å². The zero-order valence-electron chi connectivity index (χ0n) is 9.85. The Bertz CT molecular complexity index is 370. The van der Waals surface area contributed by atoms with Crippen LogP contribution in [0, 0.1) is 5.92 Å². The molecule has 1 aliphatic carbocycles. The van der Waals surface area contributed by atoms with Crippen molar-refractivity contribution < 1.29 is 9.90 Å². The fraction of sp³-hybridized carbons (Fsp3) is 0.538. The van der Waals surface area contributed by atoms with E-state index in [0.29, 0.717) is 0 Å². The third-order valence-corrected chi connectivity index (χ3v) is 3.31. The molecule has 17 heavy (non-hydrogen) atoms. The zero-order valence-corrected chi connectivity index (χ0v) is 9.85. The number of pyridine rings is 1. The van der Waals surface area contributed by atoms with Gasteiger partial charge >= 0.3 is 5.97 Å². The van der Waals surface area contributed by atoms with Gasteiger partial charge in [-0.1, -0.05) is 19.3 Å². The molecule has 1 aliphatic rings. The number of anilines is 1. The normalized spacial score (nSPS) is 16.7. The molecule has 0 saturated heterocycles. The SMILES string of the molecule is O=C(O)c1ccc(NCC2CCCCC2)nc1. The largest absolute Gasteiger partial charge is 0.478 e. The van der Waals surface area contributed by atoms with E-state index >= 15 is 0 Å². The van der Waals surface area contributed by atoms with Gasteiger partial charge in [0.1, 0.15) is 5.82 Å². The van der Waals surface area contributed by atoms with Gasteiger partial charge in [0.2, 0.25) is 0 Å². The van der Waals surface area contributed by atoms with Crippen LogP contribution < -0.4 is 5.32 Å². The van der Waals surface area contributed by atoms with E-state index in [1.807, 2.05) is 0 Å². The quantitative estimate of drug-likeness (QED) is 0.840. The molecule has 0 spiro atoms. The fourth-order valence-electron chi connectivity index (χ4n) is 2.27. The van der Waals surface area contributed by atoms with Gasteiger partial charge in [-0.25, -0.2) is 9.78 Å². The number of nitrogens with zero attached hydrogens (tertiary/aromatic N) is 1. The molecule has 0 amide bonds. The first kappa shape index (κ1) is 11.9. The van der Waals surface area contributed by atoms with Crippen molar-refractivity contribution >= 4 is 11.8 Å². The number of carbonyl (C=O) groups is 1. The molecule has 1 heterocycles. The summed E-state index contributed by atoms with van der Waals surface area (Å²) < 4.78 is 0. The Hall–Kier alpha value is -1.58. The lowest BCUT2D eigenvalue weighted by Crippen LogP contribution is -2.17. The third kappa shape index (κ3) is 3.44. The van der Waals surface area contributed by atoms with Gasteiger partial charge in [0.15, 0.2) is 0 Å². The van der Waals surface area contributed by atoms with E-state index < -0.39 is 5.97 Å². The van der Waals surface area contributed by atoms with Gasteiger partial charge in [-0.2, -0.15) is 0 Å². The number of hydrogen-bond acceptors (Lipinski definition) is 3. The first-order valence-electron chi connectivity index (χ1n) is 6.19. The van der Waals surface area contributed by atoms with Crippen LogP contribution in [0.2, 0.25) is 0 Å². The van der Waals surface area contributed by atoms with E-state index in [9.17, 15) is 4.79 Å². The van der Waals surface area contributed by atoms with Crippen LogP contribution in [-0.4, -0.2) is 22.6 Å². The predicted molar refractivity (Wildman–Crippen MR) is 66.3 cm³/mol. The van der Waals surface area contributed by atoms with E-state index in [4.69, 9.17) is 5.11 Å². The summed E-state index contributed by atoms with van der Waals surface area (Å²) in [4.78, 5) is 14.7. The molecule has 1 aromatic heterocycles. The summed E-state index contributed by atoms with van der Waals surface area (Å²) in [6.45, 7) is 0.944. The Labute approximate surface area is 101 Å². The van der Waals surface area contributed by atoms with E-state index in [0.717, 1.165) is 18.3 Å². The molecular formula is C13H18N2O2. The van der Waals surface area contributed by atoms with Gasteiger partial charge in [-0.3, -0.25) is 0 Å². The number of rotatable bonds is 4. The zero-order chi connectivity index (χ0) is 12.1. The molecule has 0 radical (unpaired) electrons. The molecule has 1 saturated carbocycles. The summed E-state index contributed by atoms with van der Waals surface area (Å²) in [7, 11) is 0. The number of nitrogens with one attached hydrogen (secondary N) is 1. The maximum atomic E-state index is 10.7. The maximum Gasteiger partial charge on any atom is 0.337 e. The molecule has 2 N–H and O–H groups in total. The van der Waals surface area contributed by atoms with Crippen molar-refractivity contribution in [3.8, 4) is 0 Å². The van der Waals surface area contributed by atoms with E-state index in [2.05, 4.69) is 10.3 Å². The molecule has 4 heteroatoms. The van der Waals surface area contributed by atoms with Crippen molar-refractivity contribution in [1.29, 1.82) is 0 Å². The van der Waals surface area contributed by atoms with Crippen LogP contribution in [0.3, 0.4) is 0 Å². The van der Waals surface area contributed by atoms with Crippen molar-refractivity contribution in [2.24, 2.45) is 5.92 Å². The Morgan fingerprint density at radius 2 is 2.12 bits per heavy atom. The van der Waals surface area contributed by atoms with Crippen LogP contribution in [0.15, 0.2) is 18.3 Å². The minimum Gasteiger partial charge on any atom is -0.478 e. The van der Waals surface area contributed by atoms with E-state index in [1.165, 1.54) is 38.3 Å². The molecule has 2 rings (SSSR count). The highest BCUT2D eigenvalue weighted by Gasteiger charge is 2.13. The van der Waals surface area contributed by atoms with Crippen molar-refractivity contribution in [2.45, 2.75) is 32.1 Å². The second-order valence-corrected chi connectivity index (χ2v) is 4.62. The van der Waals surface area contributed by atoms with Crippen molar-refractivity contribution in [2.75, 3.05) is 11.9 Å². The topological polar surface area (TPSA) is 62.2 Å². The highest BCUT2D eigenvalue weighted by Crippen LogP contribution is 2.23. The molecule has 1 aromatic rings. The van der Waals surface area contributed by atoms with Crippen LogP contribution in [0.25, 0.3) is 0 Å². The summed E-state index contributed by atoms with van der Waals surface area (Å²) in [5.41, 5.74) is 0.230. The Morgan fingerprint density at radius 3 is 2.71 bits per heavy atom. The Balaban J connectivity index is 1.84. The molecule has 1 fully saturated rings. The number of carboxylic acids is 1. The monoisotopic (exact) mass is 234 g/mol. The van der Waals surface area contributed by atoms with Crippen molar-refractivity contribution in [3.63, 3.8) is 0 Å². The van der Waals surface area contributed by atoms with Gasteiger partial charge < -0.3 is 10.4 Å². The molecule has 4 nitrogen and oxygen atoms in total. The van der Waals surface area contributed by atoms with Crippen molar-refractivity contribution in [1.82, 2.24) is 4.98 Å². The van der Waals surface area contributed by atoms with Gasteiger partial charge in [0.05, 0.1) is 5.56 Å². The van der Waals surface area contributed by atoms with Crippen LogP contribution in [-0.2, 0) is 0 Å². The average Bonchev–Trinajstić information content (AvgIpc) is 2.38. The summed E-state index contributed by atoms with van der Waals surface area (Å²) in [5.74, 6) is 0.571. The van der Waals surface area contributed by atoms with Crippen LogP contribution in [0.5, 0.6) is 0 Å². The first-order chi connectivity index (χ1) is 8.25. The van der Waals surface area contributed by atoms with Crippen LogP contribution in [0.4, 0.5) is 5.82 Å². The van der Waals surface area contributed by atoms with Gasteiger partial charge in [-0.05, 0) is 30.9 Å². The number of aromatic nitrogens is 1. The predicted octanol–water partition coefficient (Wildman–Crippen LogP) is 2.77. The lowest BCUT2D eigenvalue weighted by molar-refractivity contribution is 0.0696. The number of aromatic carboxylic acids is 1. The van der Waals surface area contributed by atoms with E-state index in [1.54, 1.807) is 12.1 Å². The Morgan fingerprint density at radius 1 is 1.35 bits per heavy atom. The third-order valence-electron chi connectivity index (χ3n) is 3.31. The molecule has 0 aromatic carbocycles. The van der Waals surface area contributed by atoms with Crippen LogP contribution >= 0.6 is 0 Å². The molecule has 92 valence electrons. The number of carboxylic acid groups (broad SMARTS) is 1. The highest BCUT2D eigenvalue weighted by atomic mass is 16.4. The maximum absolute atomic E-state index is 10.7. The minimum atomic E-state index is -0.934. The standard InChI is InChI=1S/C13H18N2O2/c16-13(17)11-6-7-12(15-9-11)14-8-10-4-2-1-3-5-10/h6-7,9-10H,1-5,8H2,(H,14,15)(H,16,17). The summed E-state index contributed by atoms with van der Waals surface area (Å²) >= 11 is 0. The molecule has 0 atom stereocenters. The lowest BCUT2D eigenvalue weighted by atomic mass is 9.89. The minimum absolute atomic E-state index is 0.230. The fourth-order valence-corrected chi connectivity index (χ4v) is 2.27. The molecule has 0 unspecified atom stereocenters. The lowest BCUT2D eigenvalue weighted by Gasteiger charge is -2.21. The second kappa shape index (κ2) is 5.66. The number of hydrogen-bond donors (Lipinski definition) is 2. The molecule has 0 aliphatic heterocycles. The molecule has 0 bridgehead atoms. The average molecular weight is 234 g/mol. The molecular weight excluding hydrogens is 216 g/mol. The van der Waals surface area contributed by atoms with Crippen molar-refractivity contribution in [3.05, 3.63) is 23.9 Å². The summed E-state index contributed by atoms with van der Waals surface area (Å²) in [6.07, 6.45) is 8.00.